The number of hydrogen-bond acceptors (Lipinski definition) is 3. The van der Waals surface area contributed by atoms with Crippen LogP contribution in [0.2, 0.25) is 5.02 Å². The molecule has 21 heavy (non-hydrogen) atoms. The first-order chi connectivity index (χ1) is 10.2. The fourth-order valence-electron chi connectivity index (χ4n) is 2.25. The number of ether oxygens (including phenoxy) is 2. The Morgan fingerprint density at radius 3 is 2.48 bits per heavy atom. The molecule has 0 aliphatic rings. The molecule has 0 saturated carbocycles. The summed E-state index contributed by atoms with van der Waals surface area (Å²) in [6.45, 7) is 1.16. The van der Waals surface area contributed by atoms with Crippen LogP contribution in [0.1, 0.15) is 17.9 Å². The van der Waals surface area contributed by atoms with Crippen LogP contribution in [0.4, 0.5) is 0 Å². The van der Waals surface area contributed by atoms with Crippen molar-refractivity contribution in [1.29, 1.82) is 0 Å². The Balaban J connectivity index is 1.95. The zero-order valence-electron chi connectivity index (χ0n) is 12.1. The monoisotopic (exact) mass is 305 g/mol. The number of nitrogens with two attached hydrogens (primary N) is 1. The fourth-order valence-corrected chi connectivity index (χ4v) is 2.38. The van der Waals surface area contributed by atoms with Crippen molar-refractivity contribution >= 4 is 11.6 Å². The first-order valence-electron chi connectivity index (χ1n) is 6.96. The van der Waals surface area contributed by atoms with E-state index in [1.807, 2.05) is 42.5 Å². The van der Waals surface area contributed by atoms with Crippen molar-refractivity contribution in [2.45, 2.75) is 12.3 Å². The van der Waals surface area contributed by atoms with Crippen LogP contribution < -0.4 is 15.2 Å². The van der Waals surface area contributed by atoms with Crippen LogP contribution in [-0.2, 0) is 0 Å². The number of halogens is 1. The molecule has 2 N–H and O–H groups in total. The molecule has 0 amide bonds. The van der Waals surface area contributed by atoms with Gasteiger partial charge in [0.25, 0.3) is 0 Å². The zero-order chi connectivity index (χ0) is 15.1. The molecule has 0 saturated heterocycles. The summed E-state index contributed by atoms with van der Waals surface area (Å²) in [4.78, 5) is 0. The Morgan fingerprint density at radius 2 is 1.81 bits per heavy atom. The summed E-state index contributed by atoms with van der Waals surface area (Å²) >= 11 is 5.85. The third-order valence-electron chi connectivity index (χ3n) is 3.41. The van der Waals surface area contributed by atoms with Crippen molar-refractivity contribution in [3.63, 3.8) is 0 Å². The molecule has 0 fully saturated rings. The highest BCUT2D eigenvalue weighted by molar-refractivity contribution is 6.30. The summed E-state index contributed by atoms with van der Waals surface area (Å²) in [7, 11) is 1.68. The highest BCUT2D eigenvalue weighted by Crippen LogP contribution is 2.28. The predicted octanol–water partition coefficient (Wildman–Crippen LogP) is 3.86. The molecule has 2 aromatic rings. The van der Waals surface area contributed by atoms with Crippen LogP contribution in [0.3, 0.4) is 0 Å². The maximum atomic E-state index is 5.90. The largest absolute Gasteiger partial charge is 0.496 e. The second-order valence-electron chi connectivity index (χ2n) is 4.77. The van der Waals surface area contributed by atoms with Gasteiger partial charge in [0.15, 0.2) is 0 Å². The van der Waals surface area contributed by atoms with Crippen molar-refractivity contribution in [2.24, 2.45) is 5.73 Å². The highest BCUT2D eigenvalue weighted by Gasteiger charge is 2.14. The van der Waals surface area contributed by atoms with Crippen molar-refractivity contribution in [1.82, 2.24) is 0 Å². The third kappa shape index (κ3) is 4.38. The Bertz CT molecular complexity index is 557. The fraction of sp³-hybridized carbons (Fsp3) is 0.294. The highest BCUT2D eigenvalue weighted by atomic mass is 35.5. The molecule has 3 nitrogen and oxygen atoms in total. The van der Waals surface area contributed by atoms with E-state index in [-0.39, 0.29) is 5.92 Å². The SMILES string of the molecule is COc1ccccc1C(CN)CCOc1ccc(Cl)cc1. The van der Waals surface area contributed by atoms with Gasteiger partial charge in [0, 0.05) is 10.9 Å². The van der Waals surface area contributed by atoms with Crippen LogP contribution in [0, 0.1) is 0 Å². The third-order valence-corrected chi connectivity index (χ3v) is 3.66. The lowest BCUT2D eigenvalue weighted by Crippen LogP contribution is -2.16. The van der Waals surface area contributed by atoms with Gasteiger partial charge in [-0.15, -0.1) is 0 Å². The molecule has 0 heterocycles. The van der Waals surface area contributed by atoms with Crippen LogP contribution in [0.15, 0.2) is 48.5 Å². The number of para-hydroxylation sites is 1. The Labute approximate surface area is 130 Å². The number of methoxy groups -OCH3 is 1. The van der Waals surface area contributed by atoms with Gasteiger partial charge >= 0.3 is 0 Å². The van der Waals surface area contributed by atoms with Crippen LogP contribution >= 0.6 is 11.6 Å². The summed E-state index contributed by atoms with van der Waals surface area (Å²) in [5.41, 5.74) is 7.03. The molecule has 1 atom stereocenters. The van der Waals surface area contributed by atoms with Gasteiger partial charge in [-0.25, -0.2) is 0 Å². The molecule has 0 aliphatic carbocycles. The van der Waals surface area contributed by atoms with Gasteiger partial charge in [-0.1, -0.05) is 29.8 Å². The van der Waals surface area contributed by atoms with E-state index in [1.54, 1.807) is 7.11 Å². The van der Waals surface area contributed by atoms with Crippen molar-refractivity contribution in [3.05, 3.63) is 59.1 Å². The molecule has 2 rings (SSSR count). The molecule has 0 radical (unpaired) electrons. The van der Waals surface area contributed by atoms with Gasteiger partial charge in [-0.05, 0) is 48.9 Å². The quantitative estimate of drug-likeness (QED) is 0.845. The maximum Gasteiger partial charge on any atom is 0.122 e. The minimum Gasteiger partial charge on any atom is -0.496 e. The Kier molecular flexibility index (Phi) is 5.90. The Morgan fingerprint density at radius 1 is 1.10 bits per heavy atom. The van der Waals surface area contributed by atoms with Crippen LogP contribution in [0.5, 0.6) is 11.5 Å². The second kappa shape index (κ2) is 7.91. The van der Waals surface area contributed by atoms with Gasteiger partial charge in [0.1, 0.15) is 11.5 Å². The average Bonchev–Trinajstić information content (AvgIpc) is 2.53. The number of hydrogen-bond donors (Lipinski definition) is 1. The lowest BCUT2D eigenvalue weighted by atomic mass is 9.95. The second-order valence-corrected chi connectivity index (χ2v) is 5.20. The van der Waals surface area contributed by atoms with Gasteiger partial charge in [0.2, 0.25) is 0 Å². The first kappa shape index (κ1) is 15.7. The standard InChI is InChI=1S/C17H20ClNO2/c1-20-17-5-3-2-4-16(17)13(12-19)10-11-21-15-8-6-14(18)7-9-15/h2-9,13H,10-12,19H2,1H3. The summed E-state index contributed by atoms with van der Waals surface area (Å²) in [6.07, 6.45) is 0.833. The van der Waals surface area contributed by atoms with E-state index < -0.39 is 0 Å². The zero-order valence-corrected chi connectivity index (χ0v) is 12.8. The van der Waals surface area contributed by atoms with E-state index in [2.05, 4.69) is 6.07 Å². The van der Waals surface area contributed by atoms with E-state index in [0.29, 0.717) is 18.2 Å². The number of rotatable bonds is 7. The lowest BCUT2D eigenvalue weighted by molar-refractivity contribution is 0.296. The summed E-state index contributed by atoms with van der Waals surface area (Å²) in [5, 5.41) is 0.705. The molecule has 0 aliphatic heterocycles. The van der Waals surface area contributed by atoms with E-state index >= 15 is 0 Å². The number of benzene rings is 2. The van der Waals surface area contributed by atoms with Gasteiger partial charge in [0.05, 0.1) is 13.7 Å². The molecule has 4 heteroatoms. The maximum absolute atomic E-state index is 5.90. The average molecular weight is 306 g/mol. The van der Waals surface area contributed by atoms with E-state index in [0.717, 1.165) is 23.5 Å². The van der Waals surface area contributed by atoms with Crippen LogP contribution in [0.25, 0.3) is 0 Å². The summed E-state index contributed by atoms with van der Waals surface area (Å²) in [5.74, 6) is 1.91. The van der Waals surface area contributed by atoms with Crippen molar-refractivity contribution in [2.75, 3.05) is 20.3 Å². The summed E-state index contributed by atoms with van der Waals surface area (Å²) < 4.78 is 11.1. The van der Waals surface area contributed by atoms with Gasteiger partial charge in [-0.2, -0.15) is 0 Å². The van der Waals surface area contributed by atoms with E-state index in [9.17, 15) is 0 Å². The topological polar surface area (TPSA) is 44.5 Å². The predicted molar refractivity (Wildman–Crippen MR) is 86.4 cm³/mol. The molecule has 0 spiro atoms. The molecule has 1 unspecified atom stereocenters. The molecular weight excluding hydrogens is 286 g/mol. The molecule has 112 valence electrons. The van der Waals surface area contributed by atoms with Gasteiger partial charge < -0.3 is 15.2 Å². The minimum absolute atomic E-state index is 0.216. The molecule has 0 bridgehead atoms. The van der Waals surface area contributed by atoms with E-state index in [1.165, 1.54) is 0 Å². The lowest BCUT2D eigenvalue weighted by Gasteiger charge is -2.18. The molecular formula is C17H20ClNO2. The Hall–Kier alpha value is -1.71. The first-order valence-corrected chi connectivity index (χ1v) is 7.33. The summed E-state index contributed by atoms with van der Waals surface area (Å²) in [6, 6.07) is 15.3. The van der Waals surface area contributed by atoms with Crippen LogP contribution in [-0.4, -0.2) is 20.3 Å². The smallest absolute Gasteiger partial charge is 0.122 e. The van der Waals surface area contributed by atoms with Gasteiger partial charge in [-0.3, -0.25) is 0 Å². The van der Waals surface area contributed by atoms with Crippen molar-refractivity contribution in [3.8, 4) is 11.5 Å². The van der Waals surface area contributed by atoms with Crippen molar-refractivity contribution < 1.29 is 9.47 Å². The minimum atomic E-state index is 0.216. The normalized spacial score (nSPS) is 12.0. The molecule has 0 aromatic heterocycles. The van der Waals surface area contributed by atoms with E-state index in [4.69, 9.17) is 26.8 Å². The molecule has 2 aromatic carbocycles.